The van der Waals surface area contributed by atoms with Gasteiger partial charge < -0.3 is 9.47 Å². The van der Waals surface area contributed by atoms with E-state index in [0.29, 0.717) is 29.5 Å². The second-order valence-electron chi connectivity index (χ2n) is 9.99. The minimum atomic E-state index is -4.46. The Bertz CT molecular complexity index is 1440. The third-order valence-corrected chi connectivity index (χ3v) is 7.65. The monoisotopic (exact) mass is 515 g/mol. The molecule has 0 aliphatic carbocycles. The number of hydrogen-bond donors (Lipinski definition) is 0. The van der Waals surface area contributed by atoms with Crippen molar-refractivity contribution in [3.05, 3.63) is 64.2 Å². The van der Waals surface area contributed by atoms with E-state index in [0.717, 1.165) is 36.8 Å². The largest absolute Gasteiger partial charge is 0.416 e. The van der Waals surface area contributed by atoms with E-state index in [1.807, 2.05) is 0 Å². The number of aryl methyl sites for hydroxylation is 2. The smallest absolute Gasteiger partial charge is 0.343 e. The molecule has 5 rings (SSSR count). The van der Waals surface area contributed by atoms with Gasteiger partial charge in [0.1, 0.15) is 5.82 Å². The van der Waals surface area contributed by atoms with Crippen molar-refractivity contribution in [3.8, 4) is 0 Å². The van der Waals surface area contributed by atoms with E-state index in [1.165, 1.54) is 19.9 Å². The number of hydrogen-bond acceptors (Lipinski definition) is 4. The maximum atomic E-state index is 16.0. The van der Waals surface area contributed by atoms with Crippen molar-refractivity contribution in [1.82, 2.24) is 19.4 Å². The summed E-state index contributed by atoms with van der Waals surface area (Å²) < 4.78 is 58.6. The molecule has 2 aromatic heterocycles. The predicted molar refractivity (Wildman–Crippen MR) is 130 cm³/mol. The first-order valence-electron chi connectivity index (χ1n) is 12.5. The number of piperidine rings is 1. The molecule has 0 saturated carbocycles. The van der Waals surface area contributed by atoms with Gasteiger partial charge in [-0.05, 0) is 43.5 Å². The first-order chi connectivity index (χ1) is 17.5. The lowest BCUT2D eigenvalue weighted by Crippen LogP contribution is -2.42. The molecule has 10 heteroatoms. The Labute approximate surface area is 212 Å². The fourth-order valence-corrected chi connectivity index (χ4v) is 5.50. The molecule has 4 heterocycles. The zero-order chi connectivity index (χ0) is 26.5. The lowest BCUT2D eigenvalue weighted by Gasteiger charge is -2.35. The molecule has 2 aliphatic rings. The first kappa shape index (κ1) is 25.4. The van der Waals surface area contributed by atoms with Crippen LogP contribution < -0.4 is 5.49 Å². The van der Waals surface area contributed by atoms with Gasteiger partial charge in [0.15, 0.2) is 11.2 Å². The Hall–Kier alpha value is -3.30. The van der Waals surface area contributed by atoms with Gasteiger partial charge in [0, 0.05) is 51.2 Å². The average Bonchev–Trinajstić information content (AvgIpc) is 3.32. The summed E-state index contributed by atoms with van der Waals surface area (Å²) in [5.41, 5.74) is -0.354. The van der Waals surface area contributed by atoms with Gasteiger partial charge in [0.25, 0.3) is 0 Å². The topological polar surface area (TPSA) is 63.4 Å². The number of benzene rings is 1. The van der Waals surface area contributed by atoms with Crippen LogP contribution >= 0.6 is 0 Å². The Morgan fingerprint density at radius 2 is 1.92 bits per heavy atom. The number of aromatic nitrogens is 3. The van der Waals surface area contributed by atoms with Gasteiger partial charge in [-0.1, -0.05) is 12.1 Å². The Kier molecular flexibility index (Phi) is 6.32. The van der Waals surface area contributed by atoms with Gasteiger partial charge in [-0.25, -0.2) is 9.37 Å². The van der Waals surface area contributed by atoms with Crippen LogP contribution in [-0.2, 0) is 29.6 Å². The fourth-order valence-electron chi connectivity index (χ4n) is 5.50. The number of carbonyl (C=O) groups excluding carboxylic acids is 1. The number of amides is 1. The lowest BCUT2D eigenvalue weighted by molar-refractivity contribution is -0.138. The van der Waals surface area contributed by atoms with Crippen LogP contribution in [0.2, 0.25) is 0 Å². The van der Waals surface area contributed by atoms with E-state index >= 15 is 4.39 Å². The Balaban J connectivity index is 1.61. The van der Waals surface area contributed by atoms with E-state index in [1.54, 1.807) is 30.2 Å². The summed E-state index contributed by atoms with van der Waals surface area (Å²) in [6.45, 7) is 6.06. The van der Waals surface area contributed by atoms with Gasteiger partial charge in [-0.2, -0.15) is 13.2 Å². The highest BCUT2D eigenvalue weighted by atomic mass is 19.4. The maximum absolute atomic E-state index is 16.0. The molecule has 1 amide bonds. The van der Waals surface area contributed by atoms with Crippen LogP contribution in [-0.4, -0.2) is 38.4 Å². The summed E-state index contributed by atoms with van der Waals surface area (Å²) in [5, 5.41) is 0.623. The highest BCUT2D eigenvalue weighted by Gasteiger charge is 2.39. The van der Waals surface area contributed by atoms with E-state index in [9.17, 15) is 18.0 Å². The summed E-state index contributed by atoms with van der Waals surface area (Å²) in [5.74, 6) is 0.753. The van der Waals surface area contributed by atoms with Gasteiger partial charge in [-0.15, -0.1) is 0 Å². The molecule has 2 aliphatic heterocycles. The van der Waals surface area contributed by atoms with E-state index in [2.05, 4.69) is 9.55 Å². The molecule has 0 radical (unpaired) electrons. The number of nitrogens with zero attached hydrogens (tertiary/aromatic N) is 5. The SMILES string of the molecule is CC(=O)N1CCC(F)(c2cc3c(=N[C@H](C)c4cccc(C(F)(F)F)c4C)nc4n(c3cn2)CCC4)CC1. The number of likely N-dealkylation sites (tertiary alicyclic amines) is 1. The van der Waals surface area contributed by atoms with Crippen LogP contribution in [0.5, 0.6) is 0 Å². The second-order valence-corrected chi connectivity index (χ2v) is 9.99. The average molecular weight is 516 g/mol. The summed E-state index contributed by atoms with van der Waals surface area (Å²) in [7, 11) is 0. The molecule has 1 aromatic carbocycles. The van der Waals surface area contributed by atoms with E-state index in [4.69, 9.17) is 9.98 Å². The molecule has 1 fully saturated rings. The maximum Gasteiger partial charge on any atom is 0.416 e. The molecule has 0 N–H and O–H groups in total. The molecule has 0 spiro atoms. The lowest BCUT2D eigenvalue weighted by atomic mass is 9.89. The summed E-state index contributed by atoms with van der Waals surface area (Å²) in [4.78, 5) is 27.3. The number of halogens is 4. The Morgan fingerprint density at radius 3 is 2.59 bits per heavy atom. The molecular formula is C27H29F4N5O. The van der Waals surface area contributed by atoms with Gasteiger partial charge in [0.05, 0.1) is 29.0 Å². The van der Waals surface area contributed by atoms with Gasteiger partial charge in [-0.3, -0.25) is 14.8 Å². The predicted octanol–water partition coefficient (Wildman–Crippen LogP) is 5.17. The standard InChI is InChI=1S/C27H29F4N5O/c1-16-19(6-4-7-21(16)27(29,30)31)17(2)33-25-20-14-23(26(28)9-12-35(13-10-26)18(3)37)32-15-22(20)36-11-5-8-24(36)34-25/h4,6-7,14-15,17H,5,8-13H2,1-3H3/t17-/m1/s1. The van der Waals surface area contributed by atoms with Crippen LogP contribution in [0.4, 0.5) is 17.6 Å². The van der Waals surface area contributed by atoms with Crippen molar-refractivity contribution >= 4 is 16.8 Å². The second kappa shape index (κ2) is 9.22. The van der Waals surface area contributed by atoms with Crippen molar-refractivity contribution in [2.75, 3.05) is 13.1 Å². The van der Waals surface area contributed by atoms with Crippen molar-refractivity contribution in [2.45, 2.75) is 70.9 Å². The number of rotatable bonds is 3. The molecule has 0 unspecified atom stereocenters. The molecule has 37 heavy (non-hydrogen) atoms. The van der Waals surface area contributed by atoms with Crippen molar-refractivity contribution in [1.29, 1.82) is 0 Å². The number of pyridine rings is 1. The Morgan fingerprint density at radius 1 is 1.19 bits per heavy atom. The quantitative estimate of drug-likeness (QED) is 0.452. The van der Waals surface area contributed by atoms with Crippen LogP contribution in [0.1, 0.15) is 67.4 Å². The summed E-state index contributed by atoms with van der Waals surface area (Å²) in [6, 6.07) is 5.19. The normalized spacial score (nSPS) is 18.8. The fraction of sp³-hybridized carbons (Fsp3) is 0.481. The molecule has 0 bridgehead atoms. The minimum absolute atomic E-state index is 0.0790. The molecule has 1 atom stereocenters. The highest BCUT2D eigenvalue weighted by Crippen LogP contribution is 2.37. The van der Waals surface area contributed by atoms with Crippen LogP contribution in [0.25, 0.3) is 10.9 Å². The third-order valence-electron chi connectivity index (χ3n) is 7.65. The number of carbonyl (C=O) groups is 1. The molecule has 196 valence electrons. The van der Waals surface area contributed by atoms with Crippen LogP contribution in [0, 0.1) is 6.92 Å². The highest BCUT2D eigenvalue weighted by molar-refractivity contribution is 5.78. The van der Waals surface area contributed by atoms with E-state index < -0.39 is 23.5 Å². The molecular weight excluding hydrogens is 486 g/mol. The summed E-state index contributed by atoms with van der Waals surface area (Å²) in [6.07, 6.45) is -0.859. The zero-order valence-electron chi connectivity index (χ0n) is 21.1. The van der Waals surface area contributed by atoms with Gasteiger partial charge >= 0.3 is 6.18 Å². The minimum Gasteiger partial charge on any atom is -0.343 e. The van der Waals surface area contributed by atoms with E-state index in [-0.39, 0.29) is 30.0 Å². The molecule has 3 aromatic rings. The number of fused-ring (bicyclic) bond motifs is 3. The van der Waals surface area contributed by atoms with Crippen LogP contribution in [0.15, 0.2) is 35.5 Å². The molecule has 6 nitrogen and oxygen atoms in total. The molecule has 1 saturated heterocycles. The van der Waals surface area contributed by atoms with Crippen LogP contribution in [0.3, 0.4) is 0 Å². The number of alkyl halides is 4. The van der Waals surface area contributed by atoms with Crippen molar-refractivity contribution in [3.63, 3.8) is 0 Å². The zero-order valence-corrected chi connectivity index (χ0v) is 21.1. The summed E-state index contributed by atoms with van der Waals surface area (Å²) >= 11 is 0. The van der Waals surface area contributed by atoms with Gasteiger partial charge in [0.2, 0.25) is 5.91 Å². The van der Waals surface area contributed by atoms with Crippen molar-refractivity contribution in [2.24, 2.45) is 4.99 Å². The third kappa shape index (κ3) is 4.62. The first-order valence-corrected chi connectivity index (χ1v) is 12.5. The van der Waals surface area contributed by atoms with Crippen molar-refractivity contribution < 1.29 is 22.4 Å².